The first-order chi connectivity index (χ1) is 10.3. The maximum atomic E-state index is 12.8. The quantitative estimate of drug-likeness (QED) is 0.941. The van der Waals surface area contributed by atoms with Crippen LogP contribution in [0.3, 0.4) is 0 Å². The Hall–Kier alpha value is -1.94. The molecule has 0 saturated carbocycles. The summed E-state index contributed by atoms with van der Waals surface area (Å²) in [6.45, 7) is 2.35. The van der Waals surface area contributed by atoms with E-state index in [1.54, 1.807) is 6.20 Å². The molecule has 1 aliphatic heterocycles. The molecule has 0 aliphatic carbocycles. The van der Waals surface area contributed by atoms with E-state index in [9.17, 15) is 4.79 Å². The van der Waals surface area contributed by atoms with Crippen LogP contribution in [0.1, 0.15) is 29.6 Å². The van der Waals surface area contributed by atoms with Crippen LogP contribution in [0.15, 0.2) is 36.5 Å². The molecule has 110 valence electrons. The van der Waals surface area contributed by atoms with Gasteiger partial charge in [0.15, 0.2) is 0 Å². The number of hydrogen-bond donors (Lipinski definition) is 1. The van der Waals surface area contributed by atoms with Gasteiger partial charge in [-0.3, -0.25) is 9.78 Å². The molecule has 2 aromatic rings. The lowest BCUT2D eigenvalue weighted by molar-refractivity contribution is 0.0671. The molecule has 1 saturated heterocycles. The molecule has 1 amide bonds. The van der Waals surface area contributed by atoms with Crippen molar-refractivity contribution in [1.29, 1.82) is 0 Å². The van der Waals surface area contributed by atoms with Crippen LogP contribution in [-0.2, 0) is 0 Å². The molecule has 1 aliphatic rings. The van der Waals surface area contributed by atoms with E-state index in [2.05, 4.69) is 4.98 Å². The van der Waals surface area contributed by atoms with Crippen molar-refractivity contribution in [2.75, 3.05) is 19.6 Å². The van der Waals surface area contributed by atoms with Gasteiger partial charge in [-0.1, -0.05) is 18.2 Å². The number of nitrogens with two attached hydrogens (primary N) is 1. The zero-order valence-electron chi connectivity index (χ0n) is 12.2. The van der Waals surface area contributed by atoms with E-state index in [4.69, 9.17) is 5.73 Å². The van der Waals surface area contributed by atoms with Gasteiger partial charge >= 0.3 is 0 Å². The van der Waals surface area contributed by atoms with Gasteiger partial charge in [0, 0.05) is 24.7 Å². The standard InChI is InChI=1S/C17H21N3O/c18-9-8-13-4-3-11-20(12-13)17(21)15-7-1-5-14-6-2-10-19-16(14)15/h1-2,5-7,10,13H,3-4,8-9,11-12,18H2. The zero-order valence-corrected chi connectivity index (χ0v) is 12.2. The number of hydrogen-bond acceptors (Lipinski definition) is 3. The predicted molar refractivity (Wildman–Crippen MR) is 84.0 cm³/mol. The SMILES string of the molecule is NCCC1CCCN(C(=O)c2cccc3cccnc23)C1. The van der Waals surface area contributed by atoms with Crippen LogP contribution in [0, 0.1) is 5.92 Å². The maximum Gasteiger partial charge on any atom is 0.256 e. The number of benzene rings is 1. The Bertz CT molecular complexity index is 633. The summed E-state index contributed by atoms with van der Waals surface area (Å²) in [5, 5.41) is 1.01. The van der Waals surface area contributed by atoms with E-state index in [0.29, 0.717) is 18.0 Å². The number of para-hydroxylation sites is 1. The third-order valence-corrected chi connectivity index (χ3v) is 4.24. The molecule has 21 heavy (non-hydrogen) atoms. The molecule has 1 aromatic heterocycles. The van der Waals surface area contributed by atoms with Crippen molar-refractivity contribution in [2.24, 2.45) is 11.7 Å². The second-order valence-electron chi connectivity index (χ2n) is 5.72. The smallest absolute Gasteiger partial charge is 0.256 e. The van der Waals surface area contributed by atoms with Crippen LogP contribution in [0.4, 0.5) is 0 Å². The van der Waals surface area contributed by atoms with Gasteiger partial charge in [0.25, 0.3) is 5.91 Å². The second kappa shape index (κ2) is 6.22. The summed E-state index contributed by atoms with van der Waals surface area (Å²) in [4.78, 5) is 19.2. The number of amides is 1. The fraction of sp³-hybridized carbons (Fsp3) is 0.412. The molecule has 2 N–H and O–H groups in total. The summed E-state index contributed by atoms with van der Waals surface area (Å²) in [6.07, 6.45) is 4.98. The van der Waals surface area contributed by atoms with Crippen LogP contribution in [0.5, 0.6) is 0 Å². The third kappa shape index (κ3) is 2.90. The summed E-state index contributed by atoms with van der Waals surface area (Å²) in [7, 11) is 0. The number of fused-ring (bicyclic) bond motifs is 1. The molecule has 1 atom stereocenters. The summed E-state index contributed by atoms with van der Waals surface area (Å²) >= 11 is 0. The number of carbonyl (C=O) groups excluding carboxylic acids is 1. The zero-order chi connectivity index (χ0) is 14.7. The normalized spacial score (nSPS) is 18.9. The Morgan fingerprint density at radius 1 is 1.33 bits per heavy atom. The van der Waals surface area contributed by atoms with Crippen molar-refractivity contribution in [2.45, 2.75) is 19.3 Å². The van der Waals surface area contributed by atoms with Gasteiger partial charge in [-0.25, -0.2) is 0 Å². The van der Waals surface area contributed by atoms with E-state index in [1.807, 2.05) is 35.2 Å². The number of rotatable bonds is 3. The first kappa shape index (κ1) is 14.0. The van der Waals surface area contributed by atoms with Crippen molar-refractivity contribution in [3.8, 4) is 0 Å². The molecule has 3 rings (SSSR count). The Morgan fingerprint density at radius 3 is 3.05 bits per heavy atom. The van der Waals surface area contributed by atoms with Crippen LogP contribution < -0.4 is 5.73 Å². The summed E-state index contributed by atoms with van der Waals surface area (Å²) in [5.41, 5.74) is 7.16. The average molecular weight is 283 g/mol. The van der Waals surface area contributed by atoms with E-state index in [1.165, 1.54) is 6.42 Å². The number of aromatic nitrogens is 1. The lowest BCUT2D eigenvalue weighted by Crippen LogP contribution is -2.40. The highest BCUT2D eigenvalue weighted by Crippen LogP contribution is 2.23. The van der Waals surface area contributed by atoms with Crippen LogP contribution in [0.2, 0.25) is 0 Å². The largest absolute Gasteiger partial charge is 0.338 e. The van der Waals surface area contributed by atoms with Crippen molar-refractivity contribution in [3.05, 3.63) is 42.1 Å². The molecule has 1 fully saturated rings. The van der Waals surface area contributed by atoms with E-state index in [-0.39, 0.29) is 5.91 Å². The topological polar surface area (TPSA) is 59.2 Å². The summed E-state index contributed by atoms with van der Waals surface area (Å²) < 4.78 is 0. The van der Waals surface area contributed by atoms with Crippen molar-refractivity contribution in [1.82, 2.24) is 9.88 Å². The number of carbonyl (C=O) groups is 1. The van der Waals surface area contributed by atoms with E-state index < -0.39 is 0 Å². The number of likely N-dealkylation sites (tertiary alicyclic amines) is 1. The number of nitrogens with zero attached hydrogens (tertiary/aromatic N) is 2. The minimum absolute atomic E-state index is 0.0982. The van der Waals surface area contributed by atoms with Crippen molar-refractivity contribution < 1.29 is 4.79 Å². The molecule has 0 radical (unpaired) electrons. The van der Waals surface area contributed by atoms with E-state index >= 15 is 0 Å². The lowest BCUT2D eigenvalue weighted by Gasteiger charge is -2.32. The molecular weight excluding hydrogens is 262 g/mol. The fourth-order valence-electron chi connectivity index (χ4n) is 3.17. The Kier molecular flexibility index (Phi) is 4.15. The molecule has 2 heterocycles. The minimum Gasteiger partial charge on any atom is -0.338 e. The monoisotopic (exact) mass is 283 g/mol. The Morgan fingerprint density at radius 2 is 2.19 bits per heavy atom. The van der Waals surface area contributed by atoms with Gasteiger partial charge in [0.05, 0.1) is 11.1 Å². The van der Waals surface area contributed by atoms with Crippen molar-refractivity contribution in [3.63, 3.8) is 0 Å². The van der Waals surface area contributed by atoms with Crippen LogP contribution in [0.25, 0.3) is 10.9 Å². The van der Waals surface area contributed by atoms with Gasteiger partial charge in [0.1, 0.15) is 0 Å². The fourth-order valence-corrected chi connectivity index (χ4v) is 3.17. The molecule has 0 spiro atoms. The molecule has 1 unspecified atom stereocenters. The first-order valence-electron chi connectivity index (χ1n) is 7.62. The van der Waals surface area contributed by atoms with Gasteiger partial charge in [0.2, 0.25) is 0 Å². The Labute approximate surface area is 125 Å². The highest BCUT2D eigenvalue weighted by atomic mass is 16.2. The maximum absolute atomic E-state index is 12.8. The van der Waals surface area contributed by atoms with Gasteiger partial charge in [-0.15, -0.1) is 0 Å². The summed E-state index contributed by atoms with van der Waals surface area (Å²) in [6, 6.07) is 9.69. The van der Waals surface area contributed by atoms with Crippen molar-refractivity contribution >= 4 is 16.8 Å². The lowest BCUT2D eigenvalue weighted by atomic mass is 9.94. The highest BCUT2D eigenvalue weighted by Gasteiger charge is 2.25. The molecular formula is C17H21N3O. The average Bonchev–Trinajstić information content (AvgIpc) is 2.54. The highest BCUT2D eigenvalue weighted by molar-refractivity contribution is 6.05. The number of piperidine rings is 1. The van der Waals surface area contributed by atoms with Gasteiger partial charge in [-0.05, 0) is 43.9 Å². The third-order valence-electron chi connectivity index (χ3n) is 4.24. The number of pyridine rings is 1. The summed E-state index contributed by atoms with van der Waals surface area (Å²) in [5.74, 6) is 0.636. The molecule has 0 bridgehead atoms. The first-order valence-corrected chi connectivity index (χ1v) is 7.62. The van der Waals surface area contributed by atoms with Gasteiger partial charge in [-0.2, -0.15) is 0 Å². The van der Waals surface area contributed by atoms with Gasteiger partial charge < -0.3 is 10.6 Å². The Balaban J connectivity index is 1.86. The van der Waals surface area contributed by atoms with Crippen LogP contribution >= 0.6 is 0 Å². The minimum atomic E-state index is 0.0982. The van der Waals surface area contributed by atoms with E-state index in [0.717, 1.165) is 36.8 Å². The van der Waals surface area contributed by atoms with Crippen LogP contribution in [-0.4, -0.2) is 35.4 Å². The second-order valence-corrected chi connectivity index (χ2v) is 5.72. The molecule has 4 heteroatoms. The molecule has 4 nitrogen and oxygen atoms in total. The predicted octanol–water partition coefficient (Wildman–Crippen LogP) is 2.44. The molecule has 1 aromatic carbocycles.